The highest BCUT2D eigenvalue weighted by Crippen LogP contribution is 2.01. The molecule has 0 spiro atoms. The second kappa shape index (κ2) is 25.9. The fourth-order valence-corrected chi connectivity index (χ4v) is 3.48. The van der Waals surface area contributed by atoms with Crippen LogP contribution in [0.2, 0.25) is 0 Å². The van der Waals surface area contributed by atoms with Crippen molar-refractivity contribution >= 4 is 23.9 Å². The molecule has 0 amide bonds. The molecule has 13 heteroatoms. The molecule has 0 aromatic carbocycles. The molecule has 39 heavy (non-hydrogen) atoms. The molecule has 230 valence electrons. The number of nitrogens with zero attached hydrogens (tertiary/aromatic N) is 4. The zero-order valence-corrected chi connectivity index (χ0v) is 25.1. The summed E-state index contributed by atoms with van der Waals surface area (Å²) in [6.45, 7) is 10.5. The van der Waals surface area contributed by atoms with Gasteiger partial charge in [0.15, 0.2) is 0 Å². The number of ether oxygens (including phenoxy) is 3. The second-order valence-corrected chi connectivity index (χ2v) is 8.84. The van der Waals surface area contributed by atoms with Crippen LogP contribution in [-0.4, -0.2) is 150 Å². The Balaban J connectivity index is 0. The van der Waals surface area contributed by atoms with Gasteiger partial charge in [-0.05, 0) is 33.6 Å². The first-order valence-corrected chi connectivity index (χ1v) is 13.5. The molecule has 1 N–H and O–H groups in total. The van der Waals surface area contributed by atoms with Crippen molar-refractivity contribution in [1.29, 1.82) is 0 Å². The van der Waals surface area contributed by atoms with Crippen LogP contribution in [0.3, 0.4) is 0 Å². The summed E-state index contributed by atoms with van der Waals surface area (Å²) in [6, 6.07) is 0. The highest BCUT2D eigenvalue weighted by atomic mass is 17.1. The van der Waals surface area contributed by atoms with E-state index in [2.05, 4.69) is 24.3 Å². The molecule has 0 aromatic rings. The minimum absolute atomic E-state index is 0.0302. The van der Waals surface area contributed by atoms with Gasteiger partial charge in [-0.3, -0.25) is 14.4 Å². The standard InChI is InChI=1S/C24H46N4O9.C2H6/c1-25(17-19-27(13-7-21(29)34-3)14-8-22(30)35-4)11-6-12-26(2)18-20-28(15-9-23(31)36-5)16-10-24(32)37-33;1-2/h33H,6-20H2,1-5H3;1-2H3. The third kappa shape index (κ3) is 23.3. The maximum Gasteiger partial charge on any atom is 0.343 e. The van der Waals surface area contributed by atoms with Gasteiger partial charge in [0, 0.05) is 52.4 Å². The van der Waals surface area contributed by atoms with E-state index in [1.54, 1.807) is 0 Å². The predicted octanol–water partition coefficient (Wildman–Crippen LogP) is 0.966. The number of methoxy groups -OCH3 is 3. The Morgan fingerprint density at radius 3 is 1.10 bits per heavy atom. The van der Waals surface area contributed by atoms with Crippen LogP contribution in [-0.2, 0) is 38.3 Å². The van der Waals surface area contributed by atoms with Crippen LogP contribution >= 0.6 is 0 Å². The maximum absolute atomic E-state index is 11.5. The number of hydrogen-bond acceptors (Lipinski definition) is 13. The van der Waals surface area contributed by atoms with Gasteiger partial charge in [0.2, 0.25) is 0 Å². The van der Waals surface area contributed by atoms with E-state index in [0.29, 0.717) is 39.3 Å². The lowest BCUT2D eigenvalue weighted by Crippen LogP contribution is -2.38. The fourth-order valence-electron chi connectivity index (χ4n) is 3.48. The topological polar surface area (TPSA) is 138 Å². The zero-order chi connectivity index (χ0) is 30.1. The van der Waals surface area contributed by atoms with Crippen LogP contribution in [0.15, 0.2) is 0 Å². The molecule has 0 atom stereocenters. The molecule has 0 aliphatic heterocycles. The monoisotopic (exact) mass is 564 g/mol. The Morgan fingerprint density at radius 2 is 0.821 bits per heavy atom. The van der Waals surface area contributed by atoms with E-state index in [1.807, 2.05) is 32.8 Å². The van der Waals surface area contributed by atoms with Crippen molar-refractivity contribution in [2.75, 3.05) is 101 Å². The average molecular weight is 565 g/mol. The Hall–Kier alpha value is -2.32. The Morgan fingerprint density at radius 1 is 0.513 bits per heavy atom. The number of likely N-dealkylation sites (N-methyl/N-ethyl adjacent to an activating group) is 2. The van der Waals surface area contributed by atoms with Crippen molar-refractivity contribution in [2.45, 2.75) is 46.0 Å². The molecule has 0 unspecified atom stereocenters. The predicted molar refractivity (Wildman–Crippen MR) is 147 cm³/mol. The maximum atomic E-state index is 11.5. The summed E-state index contributed by atoms with van der Waals surface area (Å²) < 4.78 is 14.1. The lowest BCUT2D eigenvalue weighted by atomic mass is 10.3. The van der Waals surface area contributed by atoms with Gasteiger partial charge in [-0.2, -0.15) is 5.26 Å². The van der Waals surface area contributed by atoms with Gasteiger partial charge >= 0.3 is 23.9 Å². The molecule has 13 nitrogen and oxygen atoms in total. The van der Waals surface area contributed by atoms with E-state index < -0.39 is 5.97 Å². The van der Waals surface area contributed by atoms with Crippen LogP contribution < -0.4 is 0 Å². The number of carbonyl (C=O) groups is 4. The highest BCUT2D eigenvalue weighted by molar-refractivity contribution is 5.70. The minimum Gasteiger partial charge on any atom is -0.469 e. The van der Waals surface area contributed by atoms with E-state index in [9.17, 15) is 19.2 Å². The molecule has 0 rings (SSSR count). The van der Waals surface area contributed by atoms with Crippen LogP contribution in [0.25, 0.3) is 0 Å². The van der Waals surface area contributed by atoms with Gasteiger partial charge in [-0.15, -0.1) is 0 Å². The highest BCUT2D eigenvalue weighted by Gasteiger charge is 2.14. The van der Waals surface area contributed by atoms with Crippen LogP contribution in [0.5, 0.6) is 0 Å². The molecular weight excluding hydrogens is 512 g/mol. The van der Waals surface area contributed by atoms with Crippen molar-refractivity contribution in [3.63, 3.8) is 0 Å². The van der Waals surface area contributed by atoms with Gasteiger partial charge < -0.3 is 38.7 Å². The first-order valence-electron chi connectivity index (χ1n) is 13.5. The third-order valence-corrected chi connectivity index (χ3v) is 5.99. The van der Waals surface area contributed by atoms with Gasteiger partial charge in [-0.25, -0.2) is 4.79 Å². The molecule has 0 aliphatic carbocycles. The first kappa shape index (κ1) is 38.8. The Labute approximate surface area is 234 Å². The molecule has 0 radical (unpaired) electrons. The molecule has 0 saturated carbocycles. The molecular formula is C26H52N4O9. The second-order valence-electron chi connectivity index (χ2n) is 8.84. The lowest BCUT2D eigenvalue weighted by molar-refractivity contribution is -0.234. The SMILES string of the molecule is CC.COC(=O)CCN(CCC(=O)OC)CCN(C)CCCN(C)CCN(CCC(=O)OC)CCC(=O)OO. The summed E-state index contributed by atoms with van der Waals surface area (Å²) in [5.74, 6) is -1.60. The van der Waals surface area contributed by atoms with E-state index in [0.717, 1.165) is 32.6 Å². The number of hydrogen-bond donors (Lipinski definition) is 1. The van der Waals surface area contributed by atoms with Crippen molar-refractivity contribution in [3.05, 3.63) is 0 Å². The number of esters is 3. The average Bonchev–Trinajstić information content (AvgIpc) is 2.96. The Kier molecular flexibility index (Phi) is 25.8. The summed E-state index contributed by atoms with van der Waals surface area (Å²) in [6.07, 6.45) is 1.72. The van der Waals surface area contributed by atoms with Gasteiger partial charge in [0.25, 0.3) is 0 Å². The fraction of sp³-hybridized carbons (Fsp3) is 0.846. The summed E-state index contributed by atoms with van der Waals surface area (Å²) >= 11 is 0. The molecule has 0 aliphatic rings. The number of rotatable bonds is 22. The van der Waals surface area contributed by atoms with E-state index in [-0.39, 0.29) is 43.6 Å². The number of carbonyl (C=O) groups excluding carboxylic acids is 4. The first-order chi connectivity index (χ1) is 18.6. The van der Waals surface area contributed by atoms with Crippen LogP contribution in [0, 0.1) is 0 Å². The van der Waals surface area contributed by atoms with Crippen molar-refractivity contribution in [2.24, 2.45) is 0 Å². The van der Waals surface area contributed by atoms with E-state index in [1.165, 1.54) is 21.3 Å². The van der Waals surface area contributed by atoms with Gasteiger partial charge in [0.1, 0.15) is 0 Å². The van der Waals surface area contributed by atoms with Gasteiger partial charge in [0.05, 0.1) is 47.0 Å². The minimum atomic E-state index is -0.714. The van der Waals surface area contributed by atoms with Crippen LogP contribution in [0.1, 0.15) is 46.0 Å². The van der Waals surface area contributed by atoms with Gasteiger partial charge in [-0.1, -0.05) is 13.8 Å². The van der Waals surface area contributed by atoms with Crippen molar-refractivity contribution in [1.82, 2.24) is 19.6 Å². The molecule has 0 saturated heterocycles. The zero-order valence-electron chi connectivity index (χ0n) is 25.1. The normalized spacial score (nSPS) is 10.9. The van der Waals surface area contributed by atoms with Crippen molar-refractivity contribution in [3.8, 4) is 0 Å². The smallest absolute Gasteiger partial charge is 0.343 e. The summed E-state index contributed by atoms with van der Waals surface area (Å²) in [4.78, 5) is 57.9. The van der Waals surface area contributed by atoms with E-state index >= 15 is 0 Å². The largest absolute Gasteiger partial charge is 0.469 e. The summed E-state index contributed by atoms with van der Waals surface area (Å²) in [5.41, 5.74) is 0. The molecule has 0 fully saturated rings. The van der Waals surface area contributed by atoms with E-state index in [4.69, 9.17) is 14.7 Å². The summed E-state index contributed by atoms with van der Waals surface area (Å²) in [5, 5.41) is 8.46. The molecule has 0 heterocycles. The molecule has 0 bridgehead atoms. The molecule has 0 aromatic heterocycles. The lowest BCUT2D eigenvalue weighted by Gasteiger charge is -2.26. The quantitative estimate of drug-likeness (QED) is 0.0865. The third-order valence-electron chi connectivity index (χ3n) is 5.99. The Bertz CT molecular complexity index is 573. The van der Waals surface area contributed by atoms with Crippen molar-refractivity contribution < 1.29 is 43.5 Å². The summed E-state index contributed by atoms with van der Waals surface area (Å²) in [7, 11) is 8.11. The van der Waals surface area contributed by atoms with Crippen LogP contribution in [0.4, 0.5) is 0 Å².